The van der Waals surface area contributed by atoms with Gasteiger partial charge >= 0.3 is 0 Å². The van der Waals surface area contributed by atoms with Crippen molar-refractivity contribution in [1.29, 1.82) is 5.26 Å². The van der Waals surface area contributed by atoms with E-state index in [2.05, 4.69) is 19.1 Å². The van der Waals surface area contributed by atoms with Gasteiger partial charge in [-0.25, -0.2) is 0 Å². The van der Waals surface area contributed by atoms with Gasteiger partial charge in [-0.2, -0.15) is 5.26 Å². The third-order valence-electron chi connectivity index (χ3n) is 2.51. The second kappa shape index (κ2) is 4.98. The summed E-state index contributed by atoms with van der Waals surface area (Å²) in [5.41, 5.74) is 1.41. The molecule has 1 atom stereocenters. The van der Waals surface area contributed by atoms with Crippen LogP contribution in [0.25, 0.3) is 0 Å². The molecule has 1 rings (SSSR count). The molecule has 66 valence electrons. The molecule has 1 aliphatic rings. The fourth-order valence-corrected chi connectivity index (χ4v) is 1.80. The molecular weight excluding hydrogens is 146 g/mol. The first-order chi connectivity index (χ1) is 5.88. The predicted octanol–water partition coefficient (Wildman–Crippen LogP) is 3.43. The maximum atomic E-state index is 8.92. The lowest BCUT2D eigenvalue weighted by Crippen LogP contribution is -2.04. The van der Waals surface area contributed by atoms with E-state index < -0.39 is 0 Å². The van der Waals surface area contributed by atoms with E-state index in [0.717, 1.165) is 19.3 Å². The predicted molar refractivity (Wildman–Crippen MR) is 50.6 cm³/mol. The van der Waals surface area contributed by atoms with E-state index in [1.54, 1.807) is 0 Å². The van der Waals surface area contributed by atoms with Gasteiger partial charge in [-0.15, -0.1) is 0 Å². The van der Waals surface area contributed by atoms with E-state index in [1.807, 2.05) is 0 Å². The summed E-state index contributed by atoms with van der Waals surface area (Å²) in [7, 11) is 0. The second-order valence-electron chi connectivity index (χ2n) is 3.50. The van der Waals surface area contributed by atoms with Crippen LogP contribution in [0.2, 0.25) is 0 Å². The Hall–Kier alpha value is -0.770. The van der Waals surface area contributed by atoms with Crippen molar-refractivity contribution in [2.75, 3.05) is 0 Å². The van der Waals surface area contributed by atoms with E-state index in [4.69, 9.17) is 5.26 Å². The average molecular weight is 163 g/mol. The van der Waals surface area contributed by atoms with Crippen LogP contribution < -0.4 is 0 Å². The highest BCUT2D eigenvalue weighted by Crippen LogP contribution is 2.26. The molecule has 0 spiro atoms. The van der Waals surface area contributed by atoms with Crippen LogP contribution in [0.3, 0.4) is 0 Å². The molecule has 0 heterocycles. The van der Waals surface area contributed by atoms with Crippen LogP contribution in [0.15, 0.2) is 11.6 Å². The van der Waals surface area contributed by atoms with Crippen molar-refractivity contribution in [3.05, 3.63) is 11.6 Å². The minimum Gasteiger partial charge on any atom is -0.198 e. The molecule has 12 heavy (non-hydrogen) atoms. The van der Waals surface area contributed by atoms with Crippen molar-refractivity contribution in [2.24, 2.45) is 5.92 Å². The Morgan fingerprint density at radius 2 is 2.42 bits per heavy atom. The number of hydrogen-bond acceptors (Lipinski definition) is 1. The molecule has 0 bridgehead atoms. The summed E-state index contributed by atoms with van der Waals surface area (Å²) < 4.78 is 0. The fraction of sp³-hybridized carbons (Fsp3) is 0.727. The van der Waals surface area contributed by atoms with Gasteiger partial charge in [0.2, 0.25) is 0 Å². The van der Waals surface area contributed by atoms with Crippen molar-refractivity contribution in [2.45, 2.75) is 45.4 Å². The lowest BCUT2D eigenvalue weighted by Gasteiger charge is -2.16. The van der Waals surface area contributed by atoms with Gasteiger partial charge in [0, 0.05) is 0 Å². The van der Waals surface area contributed by atoms with Crippen LogP contribution in [0.4, 0.5) is 0 Å². The Kier molecular flexibility index (Phi) is 3.87. The topological polar surface area (TPSA) is 23.8 Å². The molecule has 1 nitrogen and oxygen atoms in total. The third-order valence-corrected chi connectivity index (χ3v) is 2.51. The van der Waals surface area contributed by atoms with Crippen molar-refractivity contribution in [3.8, 4) is 6.07 Å². The molecule has 0 aromatic carbocycles. The summed E-state index contributed by atoms with van der Waals surface area (Å²) in [6.45, 7) is 2.15. The molecule has 0 aliphatic heterocycles. The zero-order valence-electron chi connectivity index (χ0n) is 7.84. The maximum absolute atomic E-state index is 8.92. The lowest BCUT2D eigenvalue weighted by molar-refractivity contribution is 0.591. The largest absolute Gasteiger partial charge is 0.198 e. The quantitative estimate of drug-likeness (QED) is 0.585. The average Bonchev–Trinajstić information content (AvgIpc) is 2.15. The Labute approximate surface area is 75.1 Å². The van der Waals surface area contributed by atoms with Gasteiger partial charge in [0.1, 0.15) is 0 Å². The minimum atomic E-state index is 0.218. The molecule has 0 saturated heterocycles. The molecule has 1 unspecified atom stereocenters. The Morgan fingerprint density at radius 1 is 1.58 bits per heavy atom. The summed E-state index contributed by atoms with van der Waals surface area (Å²) in [5, 5.41) is 8.92. The first kappa shape index (κ1) is 9.32. The Balaban J connectivity index is 2.53. The minimum absolute atomic E-state index is 0.218. The second-order valence-corrected chi connectivity index (χ2v) is 3.50. The van der Waals surface area contributed by atoms with Crippen molar-refractivity contribution in [1.82, 2.24) is 0 Å². The van der Waals surface area contributed by atoms with Crippen LogP contribution in [-0.4, -0.2) is 0 Å². The van der Waals surface area contributed by atoms with E-state index in [9.17, 15) is 0 Å². The fourth-order valence-electron chi connectivity index (χ4n) is 1.80. The molecular formula is C11H17N. The first-order valence-electron chi connectivity index (χ1n) is 4.97. The number of hydrogen-bond donors (Lipinski definition) is 0. The van der Waals surface area contributed by atoms with Gasteiger partial charge in [0.25, 0.3) is 0 Å². The van der Waals surface area contributed by atoms with Gasteiger partial charge in [0.15, 0.2) is 0 Å². The highest BCUT2D eigenvalue weighted by atomic mass is 14.3. The van der Waals surface area contributed by atoms with Gasteiger partial charge in [-0.05, 0) is 32.1 Å². The summed E-state index contributed by atoms with van der Waals surface area (Å²) >= 11 is 0. The summed E-state index contributed by atoms with van der Waals surface area (Å²) in [6.07, 6.45) is 9.40. The van der Waals surface area contributed by atoms with E-state index >= 15 is 0 Å². The molecule has 0 radical (unpaired) electrons. The molecule has 0 N–H and O–H groups in total. The SMILES string of the molecule is CCCC(C#N)C1=CCCCC1. The zero-order valence-corrected chi connectivity index (χ0v) is 7.84. The monoisotopic (exact) mass is 163 g/mol. The maximum Gasteiger partial charge on any atom is 0.0700 e. The van der Waals surface area contributed by atoms with E-state index in [1.165, 1.54) is 24.8 Å². The van der Waals surface area contributed by atoms with Crippen molar-refractivity contribution in [3.63, 3.8) is 0 Å². The number of nitrogens with zero attached hydrogens (tertiary/aromatic N) is 1. The lowest BCUT2D eigenvalue weighted by atomic mass is 9.87. The molecule has 0 saturated carbocycles. The standard InChI is InChI=1S/C11H17N/c1-2-6-11(9-12)10-7-4-3-5-8-10/h7,11H,2-6,8H2,1H3. The molecule has 0 aromatic heterocycles. The van der Waals surface area contributed by atoms with Gasteiger partial charge in [-0.1, -0.05) is 25.0 Å². The van der Waals surface area contributed by atoms with Crippen LogP contribution in [-0.2, 0) is 0 Å². The van der Waals surface area contributed by atoms with Crippen LogP contribution in [0, 0.1) is 17.2 Å². The van der Waals surface area contributed by atoms with Gasteiger partial charge in [0.05, 0.1) is 12.0 Å². The molecule has 0 amide bonds. The van der Waals surface area contributed by atoms with E-state index in [0.29, 0.717) is 0 Å². The zero-order chi connectivity index (χ0) is 8.81. The Bertz CT molecular complexity index is 198. The normalized spacial score (nSPS) is 19.5. The molecule has 1 aliphatic carbocycles. The van der Waals surface area contributed by atoms with Crippen molar-refractivity contribution >= 4 is 0 Å². The highest BCUT2D eigenvalue weighted by molar-refractivity contribution is 5.15. The van der Waals surface area contributed by atoms with E-state index in [-0.39, 0.29) is 5.92 Å². The summed E-state index contributed by atoms with van der Waals surface area (Å²) in [6, 6.07) is 2.40. The summed E-state index contributed by atoms with van der Waals surface area (Å²) in [4.78, 5) is 0. The third kappa shape index (κ3) is 2.37. The van der Waals surface area contributed by atoms with Crippen molar-refractivity contribution < 1.29 is 0 Å². The number of allylic oxidation sites excluding steroid dienone is 2. The molecule has 0 fully saturated rings. The molecule has 0 aromatic rings. The van der Waals surface area contributed by atoms with Gasteiger partial charge in [-0.3, -0.25) is 0 Å². The van der Waals surface area contributed by atoms with Crippen LogP contribution in [0.1, 0.15) is 45.4 Å². The first-order valence-corrected chi connectivity index (χ1v) is 4.97. The Morgan fingerprint density at radius 3 is 2.92 bits per heavy atom. The number of rotatable bonds is 3. The highest BCUT2D eigenvalue weighted by Gasteiger charge is 2.13. The molecule has 1 heteroatoms. The number of nitriles is 1. The summed E-state index contributed by atoms with van der Waals surface area (Å²) in [5.74, 6) is 0.218. The van der Waals surface area contributed by atoms with Crippen LogP contribution >= 0.6 is 0 Å². The van der Waals surface area contributed by atoms with Gasteiger partial charge < -0.3 is 0 Å². The van der Waals surface area contributed by atoms with Crippen LogP contribution in [0.5, 0.6) is 0 Å². The smallest absolute Gasteiger partial charge is 0.0700 e.